The second kappa shape index (κ2) is 6.19. The second-order valence-corrected chi connectivity index (χ2v) is 4.40. The van der Waals surface area contributed by atoms with E-state index in [1.54, 1.807) is 43.3 Å². The first kappa shape index (κ1) is 14.1. The highest BCUT2D eigenvalue weighted by atomic mass is 19.1. The van der Waals surface area contributed by atoms with Crippen molar-refractivity contribution in [3.05, 3.63) is 54.3 Å². The summed E-state index contributed by atoms with van der Waals surface area (Å²) in [5, 5.41) is 0. The molecule has 2 aromatic rings. The molecule has 0 amide bonds. The third-order valence-electron chi connectivity index (χ3n) is 2.76. The average Bonchev–Trinajstić information content (AvgIpc) is 2.43. The van der Waals surface area contributed by atoms with Crippen LogP contribution < -0.4 is 9.47 Å². The lowest BCUT2D eigenvalue weighted by Crippen LogP contribution is -2.20. The highest BCUT2D eigenvalue weighted by molar-refractivity contribution is 5.80. The highest BCUT2D eigenvalue weighted by Gasteiger charge is 2.08. The number of benzene rings is 2. The van der Waals surface area contributed by atoms with Crippen molar-refractivity contribution in [3.8, 4) is 17.2 Å². The first-order chi connectivity index (χ1) is 9.54. The van der Waals surface area contributed by atoms with Crippen LogP contribution in [-0.4, -0.2) is 11.9 Å². The molecule has 0 N–H and O–H groups in total. The molecule has 3 nitrogen and oxygen atoms in total. The van der Waals surface area contributed by atoms with E-state index in [1.807, 2.05) is 0 Å². The maximum absolute atomic E-state index is 12.8. The van der Waals surface area contributed by atoms with Gasteiger partial charge in [-0.05, 0) is 62.4 Å². The molecule has 1 atom stereocenters. The van der Waals surface area contributed by atoms with E-state index in [4.69, 9.17) is 9.47 Å². The maximum Gasteiger partial charge on any atom is 0.169 e. The Labute approximate surface area is 117 Å². The molecule has 0 heterocycles. The summed E-state index contributed by atoms with van der Waals surface area (Å²) in [7, 11) is 0. The van der Waals surface area contributed by atoms with Gasteiger partial charge in [0.1, 0.15) is 23.1 Å². The zero-order chi connectivity index (χ0) is 14.5. The number of hydrogen-bond donors (Lipinski definition) is 0. The summed E-state index contributed by atoms with van der Waals surface area (Å²) in [6.45, 7) is 3.18. The lowest BCUT2D eigenvalue weighted by molar-refractivity contribution is -0.122. The minimum atomic E-state index is -0.473. The van der Waals surface area contributed by atoms with Crippen molar-refractivity contribution in [2.45, 2.75) is 20.0 Å². The van der Waals surface area contributed by atoms with Crippen LogP contribution in [0.2, 0.25) is 0 Å². The van der Waals surface area contributed by atoms with Gasteiger partial charge >= 0.3 is 0 Å². The van der Waals surface area contributed by atoms with Crippen LogP contribution >= 0.6 is 0 Å². The largest absolute Gasteiger partial charge is 0.483 e. The van der Waals surface area contributed by atoms with Gasteiger partial charge in [0.05, 0.1) is 0 Å². The number of hydrogen-bond acceptors (Lipinski definition) is 3. The number of rotatable bonds is 5. The van der Waals surface area contributed by atoms with Crippen molar-refractivity contribution in [1.29, 1.82) is 0 Å². The lowest BCUT2D eigenvalue weighted by Gasteiger charge is -2.12. The quantitative estimate of drug-likeness (QED) is 0.827. The molecule has 0 saturated carbocycles. The molecule has 104 valence electrons. The summed E-state index contributed by atoms with van der Waals surface area (Å²) in [4.78, 5) is 11.1. The van der Waals surface area contributed by atoms with Gasteiger partial charge in [0.2, 0.25) is 0 Å². The van der Waals surface area contributed by atoms with E-state index in [2.05, 4.69) is 0 Å². The number of halogens is 1. The zero-order valence-corrected chi connectivity index (χ0v) is 11.3. The van der Waals surface area contributed by atoms with Crippen LogP contribution in [0.3, 0.4) is 0 Å². The minimum absolute atomic E-state index is 0.0309. The second-order valence-electron chi connectivity index (χ2n) is 4.40. The molecule has 0 bridgehead atoms. The number of carbonyl (C=O) groups excluding carboxylic acids is 1. The fraction of sp³-hybridized carbons (Fsp3) is 0.188. The molecule has 1 unspecified atom stereocenters. The summed E-state index contributed by atoms with van der Waals surface area (Å²) in [6.07, 6.45) is -0.473. The number of ketones is 1. The number of ether oxygens (including phenoxy) is 2. The molecule has 0 aliphatic heterocycles. The molecular weight excluding hydrogens is 259 g/mol. The fourth-order valence-corrected chi connectivity index (χ4v) is 1.51. The normalized spacial score (nSPS) is 11.8. The summed E-state index contributed by atoms with van der Waals surface area (Å²) < 4.78 is 23.8. The first-order valence-corrected chi connectivity index (χ1v) is 6.25. The van der Waals surface area contributed by atoms with Gasteiger partial charge in [-0.15, -0.1) is 0 Å². The van der Waals surface area contributed by atoms with Crippen molar-refractivity contribution in [2.75, 3.05) is 0 Å². The van der Waals surface area contributed by atoms with E-state index in [-0.39, 0.29) is 11.6 Å². The van der Waals surface area contributed by atoms with E-state index >= 15 is 0 Å². The van der Waals surface area contributed by atoms with Gasteiger partial charge in [0.25, 0.3) is 0 Å². The Morgan fingerprint density at radius 3 is 1.90 bits per heavy atom. The van der Waals surface area contributed by atoms with E-state index < -0.39 is 6.10 Å². The van der Waals surface area contributed by atoms with E-state index in [1.165, 1.54) is 19.1 Å². The molecule has 0 spiro atoms. The summed E-state index contributed by atoms with van der Waals surface area (Å²) >= 11 is 0. The fourth-order valence-electron chi connectivity index (χ4n) is 1.51. The van der Waals surface area contributed by atoms with Crippen molar-refractivity contribution in [2.24, 2.45) is 0 Å². The maximum atomic E-state index is 12.8. The molecule has 0 fully saturated rings. The molecule has 0 aliphatic carbocycles. The molecular formula is C16H15FO3. The van der Waals surface area contributed by atoms with Gasteiger partial charge in [0, 0.05) is 0 Å². The highest BCUT2D eigenvalue weighted by Crippen LogP contribution is 2.24. The molecule has 20 heavy (non-hydrogen) atoms. The van der Waals surface area contributed by atoms with Crippen LogP contribution in [0.1, 0.15) is 13.8 Å². The van der Waals surface area contributed by atoms with Crippen molar-refractivity contribution < 1.29 is 18.7 Å². The lowest BCUT2D eigenvalue weighted by atomic mass is 10.2. The van der Waals surface area contributed by atoms with Crippen LogP contribution in [0.15, 0.2) is 48.5 Å². The van der Waals surface area contributed by atoms with Crippen LogP contribution in [0, 0.1) is 5.82 Å². The summed E-state index contributed by atoms with van der Waals surface area (Å²) in [5.41, 5.74) is 0. The smallest absolute Gasteiger partial charge is 0.169 e. The summed E-state index contributed by atoms with van der Waals surface area (Å²) in [5.74, 6) is 1.42. The predicted molar refractivity (Wildman–Crippen MR) is 73.7 cm³/mol. The van der Waals surface area contributed by atoms with Crippen molar-refractivity contribution in [3.63, 3.8) is 0 Å². The Bertz CT molecular complexity index is 576. The van der Waals surface area contributed by atoms with Gasteiger partial charge in [-0.1, -0.05) is 0 Å². The van der Waals surface area contributed by atoms with Gasteiger partial charge in [-0.2, -0.15) is 0 Å². The number of carbonyl (C=O) groups is 1. The Hall–Kier alpha value is -2.36. The van der Waals surface area contributed by atoms with Gasteiger partial charge < -0.3 is 9.47 Å². The molecule has 4 heteroatoms. The monoisotopic (exact) mass is 274 g/mol. The third kappa shape index (κ3) is 3.82. The van der Waals surface area contributed by atoms with E-state index in [0.29, 0.717) is 17.2 Å². The first-order valence-electron chi connectivity index (χ1n) is 6.25. The van der Waals surface area contributed by atoms with Crippen LogP contribution in [-0.2, 0) is 4.79 Å². The van der Waals surface area contributed by atoms with Crippen LogP contribution in [0.25, 0.3) is 0 Å². The zero-order valence-electron chi connectivity index (χ0n) is 11.3. The molecule has 0 aromatic heterocycles. The Balaban J connectivity index is 2.01. The van der Waals surface area contributed by atoms with E-state index in [0.717, 1.165) is 0 Å². The van der Waals surface area contributed by atoms with Crippen molar-refractivity contribution in [1.82, 2.24) is 0 Å². The standard InChI is InChI=1S/C16H15FO3/c1-11(18)12(2)19-14-7-9-16(10-8-14)20-15-5-3-13(17)4-6-15/h3-10,12H,1-2H3. The molecule has 0 saturated heterocycles. The predicted octanol–water partition coefficient (Wildman–Crippen LogP) is 3.97. The Morgan fingerprint density at radius 2 is 1.40 bits per heavy atom. The van der Waals surface area contributed by atoms with Crippen molar-refractivity contribution >= 4 is 5.78 Å². The average molecular weight is 274 g/mol. The van der Waals surface area contributed by atoms with Crippen LogP contribution in [0.5, 0.6) is 17.2 Å². The van der Waals surface area contributed by atoms with Gasteiger partial charge in [-0.3, -0.25) is 4.79 Å². The Kier molecular flexibility index (Phi) is 4.35. The molecule has 2 aromatic carbocycles. The molecule has 2 rings (SSSR count). The van der Waals surface area contributed by atoms with Gasteiger partial charge in [0.15, 0.2) is 11.9 Å². The minimum Gasteiger partial charge on any atom is -0.483 e. The third-order valence-corrected chi connectivity index (χ3v) is 2.76. The van der Waals surface area contributed by atoms with Crippen LogP contribution in [0.4, 0.5) is 4.39 Å². The SMILES string of the molecule is CC(=O)C(C)Oc1ccc(Oc2ccc(F)cc2)cc1. The topological polar surface area (TPSA) is 35.5 Å². The molecule has 0 radical (unpaired) electrons. The molecule has 0 aliphatic rings. The number of Topliss-reactive ketones (excluding diaryl/α,β-unsaturated/α-hetero) is 1. The van der Waals surface area contributed by atoms with E-state index in [9.17, 15) is 9.18 Å². The summed E-state index contributed by atoms with van der Waals surface area (Å²) in [6, 6.07) is 12.7. The van der Waals surface area contributed by atoms with Gasteiger partial charge in [-0.25, -0.2) is 4.39 Å². The Morgan fingerprint density at radius 1 is 0.950 bits per heavy atom.